The van der Waals surface area contributed by atoms with Gasteiger partial charge in [0.05, 0.1) is 16.3 Å². The molecule has 0 unspecified atom stereocenters. The van der Waals surface area contributed by atoms with Gasteiger partial charge in [-0.1, -0.05) is 11.6 Å². The molecule has 0 atom stereocenters. The van der Waals surface area contributed by atoms with Gasteiger partial charge in [-0.3, -0.25) is 4.98 Å². The van der Waals surface area contributed by atoms with E-state index in [1.54, 1.807) is 6.20 Å². The van der Waals surface area contributed by atoms with Gasteiger partial charge in [-0.15, -0.1) is 0 Å². The van der Waals surface area contributed by atoms with Crippen LogP contribution >= 0.6 is 23.8 Å². The lowest BCUT2D eigenvalue weighted by Crippen LogP contribution is -2.44. The van der Waals surface area contributed by atoms with Gasteiger partial charge < -0.3 is 16.4 Å². The number of halogens is 1. The topological polar surface area (TPSA) is 75.3 Å². The summed E-state index contributed by atoms with van der Waals surface area (Å²) in [6.07, 6.45) is 3.40. The van der Waals surface area contributed by atoms with Crippen molar-refractivity contribution in [2.24, 2.45) is 10.7 Å². The fourth-order valence-corrected chi connectivity index (χ4v) is 2.03. The molecule has 0 radical (unpaired) electrons. The molecule has 1 aromatic heterocycles. The highest BCUT2D eigenvalue weighted by Gasteiger charge is 2.08. The lowest BCUT2D eigenvalue weighted by molar-refractivity contribution is 0.580. The molecule has 0 aliphatic heterocycles. The molecule has 0 aromatic carbocycles. The molecule has 0 saturated carbocycles. The Balaban J connectivity index is 2.28. The van der Waals surface area contributed by atoms with Crippen LogP contribution in [0.4, 0.5) is 0 Å². The lowest BCUT2D eigenvalue weighted by Gasteiger charge is -2.15. The minimum atomic E-state index is -0.234. The zero-order valence-corrected chi connectivity index (χ0v) is 14.2. The third-order valence-electron chi connectivity index (χ3n) is 2.41. The molecular weight excluding hydrogens is 306 g/mol. The van der Waals surface area contributed by atoms with Gasteiger partial charge in [-0.2, -0.15) is 0 Å². The fourth-order valence-electron chi connectivity index (χ4n) is 1.61. The maximum atomic E-state index is 6.04. The second-order valence-corrected chi connectivity index (χ2v) is 6.40. The quantitative estimate of drug-likeness (QED) is 0.342. The number of thiocarbonyl (C=S) groups is 1. The highest BCUT2D eigenvalue weighted by molar-refractivity contribution is 7.80. The highest BCUT2D eigenvalue weighted by Crippen LogP contribution is 2.13. The third-order valence-corrected chi connectivity index (χ3v) is 3.00. The first kappa shape index (κ1) is 17.7. The van der Waals surface area contributed by atoms with Crippen molar-refractivity contribution in [3.05, 3.63) is 29.0 Å². The summed E-state index contributed by atoms with van der Waals surface area (Å²) in [4.78, 5) is 8.50. The highest BCUT2D eigenvalue weighted by atomic mass is 35.5. The van der Waals surface area contributed by atoms with E-state index in [0.29, 0.717) is 22.6 Å². The zero-order chi connectivity index (χ0) is 15.9. The summed E-state index contributed by atoms with van der Waals surface area (Å²) >= 11 is 11.2. The van der Waals surface area contributed by atoms with Gasteiger partial charge in [-0.25, -0.2) is 4.99 Å². The smallest absolute Gasteiger partial charge is 0.195 e. The molecule has 0 aliphatic rings. The fraction of sp³-hybridized carbons (Fsp3) is 0.500. The molecule has 1 heterocycles. The normalized spacial score (nSPS) is 12.1. The standard InChI is InChI=1S/C14H22ClN5S/c1-14(2,3)20-12(16)19-13(21)18-9-5-7-11-10(15)6-4-8-17-11/h4,6,8H,5,7,9H2,1-3H3,(H4,16,18,19,20,21). The minimum absolute atomic E-state index is 0.234. The third kappa shape index (κ3) is 7.82. The molecule has 0 fully saturated rings. The number of aryl methyl sites for hydroxylation is 1. The maximum Gasteiger partial charge on any atom is 0.195 e. The Bertz CT molecular complexity index is 510. The summed E-state index contributed by atoms with van der Waals surface area (Å²) in [6.45, 7) is 6.61. The van der Waals surface area contributed by atoms with Gasteiger partial charge in [0.25, 0.3) is 0 Å². The number of aromatic nitrogens is 1. The van der Waals surface area contributed by atoms with Crippen LogP contribution in [0.1, 0.15) is 32.9 Å². The molecule has 21 heavy (non-hydrogen) atoms. The van der Waals surface area contributed by atoms with E-state index in [4.69, 9.17) is 29.6 Å². The van der Waals surface area contributed by atoms with Crippen molar-refractivity contribution in [2.75, 3.05) is 6.54 Å². The average molecular weight is 328 g/mol. The Kier molecular flexibility index (Phi) is 6.84. The van der Waals surface area contributed by atoms with Crippen LogP contribution in [0.25, 0.3) is 0 Å². The number of nitrogens with zero attached hydrogens (tertiary/aromatic N) is 2. The number of pyridine rings is 1. The summed E-state index contributed by atoms with van der Waals surface area (Å²) in [7, 11) is 0. The number of guanidine groups is 1. The van der Waals surface area contributed by atoms with Crippen molar-refractivity contribution in [1.29, 1.82) is 0 Å². The predicted molar refractivity (Wildman–Crippen MR) is 92.7 cm³/mol. The van der Waals surface area contributed by atoms with Crippen molar-refractivity contribution in [2.45, 2.75) is 39.2 Å². The number of hydrogen-bond acceptors (Lipinski definition) is 3. The van der Waals surface area contributed by atoms with Crippen LogP contribution in [-0.4, -0.2) is 28.1 Å². The second kappa shape index (κ2) is 8.14. The number of nitrogens with one attached hydrogen (secondary N) is 2. The molecule has 7 heteroatoms. The number of hydrogen-bond donors (Lipinski definition) is 3. The van der Waals surface area contributed by atoms with Crippen molar-refractivity contribution in [3.8, 4) is 0 Å². The van der Waals surface area contributed by atoms with E-state index < -0.39 is 0 Å². The minimum Gasteiger partial charge on any atom is -0.370 e. The Hall–Kier alpha value is -1.40. The van der Waals surface area contributed by atoms with Crippen molar-refractivity contribution in [1.82, 2.24) is 15.6 Å². The molecule has 116 valence electrons. The largest absolute Gasteiger partial charge is 0.370 e. The van der Waals surface area contributed by atoms with Crippen molar-refractivity contribution < 1.29 is 0 Å². The van der Waals surface area contributed by atoms with E-state index in [1.165, 1.54) is 0 Å². The van der Waals surface area contributed by atoms with Crippen LogP contribution in [0.15, 0.2) is 23.3 Å². The molecule has 0 bridgehead atoms. The van der Waals surface area contributed by atoms with E-state index >= 15 is 0 Å². The first-order chi connectivity index (χ1) is 9.78. The molecule has 5 nitrogen and oxygen atoms in total. The zero-order valence-electron chi connectivity index (χ0n) is 12.6. The van der Waals surface area contributed by atoms with Crippen LogP contribution in [0.2, 0.25) is 5.02 Å². The summed E-state index contributed by atoms with van der Waals surface area (Å²) in [5, 5.41) is 7.09. The molecule has 0 aliphatic carbocycles. The van der Waals surface area contributed by atoms with Crippen LogP contribution < -0.4 is 16.4 Å². The monoisotopic (exact) mass is 327 g/mol. The summed E-state index contributed by atoms with van der Waals surface area (Å²) in [5.41, 5.74) is 6.42. The molecule has 4 N–H and O–H groups in total. The SMILES string of the molecule is CC(C)(C)N=C(N)NC(=S)NCCCc1ncccc1Cl. The van der Waals surface area contributed by atoms with Crippen LogP contribution in [0.3, 0.4) is 0 Å². The summed E-state index contributed by atoms with van der Waals surface area (Å²) in [5.74, 6) is 0.313. The Morgan fingerprint density at radius 2 is 2.19 bits per heavy atom. The summed E-state index contributed by atoms with van der Waals surface area (Å²) in [6, 6.07) is 3.66. The van der Waals surface area contributed by atoms with E-state index in [2.05, 4.69) is 20.6 Å². The average Bonchev–Trinajstić information content (AvgIpc) is 2.34. The van der Waals surface area contributed by atoms with Gasteiger partial charge >= 0.3 is 0 Å². The van der Waals surface area contributed by atoms with E-state index in [9.17, 15) is 0 Å². The van der Waals surface area contributed by atoms with Gasteiger partial charge in [0.2, 0.25) is 0 Å². The molecular formula is C14H22ClN5S. The molecule has 0 saturated heterocycles. The maximum absolute atomic E-state index is 6.04. The van der Waals surface area contributed by atoms with Crippen LogP contribution in [0, 0.1) is 0 Å². The van der Waals surface area contributed by atoms with E-state index in [1.807, 2.05) is 32.9 Å². The van der Waals surface area contributed by atoms with Gasteiger partial charge in [0.1, 0.15) is 0 Å². The molecule has 0 spiro atoms. The van der Waals surface area contributed by atoms with E-state index in [-0.39, 0.29) is 5.54 Å². The van der Waals surface area contributed by atoms with Crippen LogP contribution in [-0.2, 0) is 6.42 Å². The summed E-state index contributed by atoms with van der Waals surface area (Å²) < 4.78 is 0. The first-order valence-electron chi connectivity index (χ1n) is 6.77. The molecule has 1 aromatic rings. The van der Waals surface area contributed by atoms with Crippen molar-refractivity contribution >= 4 is 34.9 Å². The van der Waals surface area contributed by atoms with Gasteiger partial charge in [0.15, 0.2) is 11.1 Å². The molecule has 1 rings (SSSR count). The Labute approximate surface area is 136 Å². The van der Waals surface area contributed by atoms with E-state index in [0.717, 1.165) is 18.5 Å². The second-order valence-electron chi connectivity index (χ2n) is 5.58. The molecule has 0 amide bonds. The number of rotatable bonds is 4. The lowest BCUT2D eigenvalue weighted by atomic mass is 10.1. The van der Waals surface area contributed by atoms with Gasteiger partial charge in [-0.05, 0) is 58.0 Å². The Morgan fingerprint density at radius 3 is 2.81 bits per heavy atom. The van der Waals surface area contributed by atoms with Crippen LogP contribution in [0.5, 0.6) is 0 Å². The number of aliphatic imine (C=N–C) groups is 1. The van der Waals surface area contributed by atoms with Gasteiger partial charge in [0, 0.05) is 12.7 Å². The Morgan fingerprint density at radius 1 is 1.48 bits per heavy atom. The number of nitrogens with two attached hydrogens (primary N) is 1. The van der Waals surface area contributed by atoms with Crippen molar-refractivity contribution in [3.63, 3.8) is 0 Å². The predicted octanol–water partition coefficient (Wildman–Crippen LogP) is 2.24. The first-order valence-corrected chi connectivity index (χ1v) is 7.56.